The first kappa shape index (κ1) is 18.7. The van der Waals surface area contributed by atoms with Crippen LogP contribution in [0, 0.1) is 11.8 Å². The molecule has 142 valence electrons. The molecule has 1 saturated heterocycles. The molecule has 26 heavy (non-hydrogen) atoms. The molecule has 1 aliphatic carbocycles. The van der Waals surface area contributed by atoms with E-state index in [-0.39, 0.29) is 23.7 Å². The Balaban J connectivity index is 1.49. The van der Waals surface area contributed by atoms with E-state index in [4.69, 9.17) is 0 Å². The molecule has 1 saturated carbocycles. The molecule has 2 aliphatic rings. The summed E-state index contributed by atoms with van der Waals surface area (Å²) in [5, 5.41) is 2.97. The Bertz CT molecular complexity index is 623. The molecule has 5 nitrogen and oxygen atoms in total. The number of hydrogen-bond donors (Lipinski definition) is 1. The van der Waals surface area contributed by atoms with E-state index < -0.39 is 0 Å². The van der Waals surface area contributed by atoms with Crippen molar-refractivity contribution in [3.8, 4) is 0 Å². The van der Waals surface area contributed by atoms with Gasteiger partial charge in [-0.1, -0.05) is 13.3 Å². The number of nitrogens with one attached hydrogen (secondary N) is 1. The van der Waals surface area contributed by atoms with Crippen molar-refractivity contribution in [3.05, 3.63) is 24.3 Å². The maximum Gasteiger partial charge on any atom is 0.228 e. The zero-order valence-corrected chi connectivity index (χ0v) is 16.0. The molecule has 1 aromatic rings. The molecule has 0 aromatic heterocycles. The summed E-state index contributed by atoms with van der Waals surface area (Å²) in [5.41, 5.74) is 2.04. The Morgan fingerprint density at radius 2 is 1.81 bits per heavy atom. The van der Waals surface area contributed by atoms with Crippen LogP contribution in [0.25, 0.3) is 0 Å². The minimum atomic E-state index is -0.173. The van der Waals surface area contributed by atoms with E-state index in [9.17, 15) is 9.59 Å². The van der Waals surface area contributed by atoms with Crippen molar-refractivity contribution in [1.82, 2.24) is 4.90 Å². The number of rotatable bonds is 7. The second-order valence-electron chi connectivity index (χ2n) is 7.65. The van der Waals surface area contributed by atoms with Crippen LogP contribution in [0.4, 0.5) is 11.4 Å². The second kappa shape index (κ2) is 8.56. The summed E-state index contributed by atoms with van der Waals surface area (Å²) in [7, 11) is 1.84. The lowest BCUT2D eigenvalue weighted by molar-refractivity contribution is -0.132. The molecular formula is C21H31N3O2. The topological polar surface area (TPSA) is 52.7 Å². The third-order valence-corrected chi connectivity index (χ3v) is 5.52. The van der Waals surface area contributed by atoms with Gasteiger partial charge in [0, 0.05) is 38.1 Å². The van der Waals surface area contributed by atoms with Crippen LogP contribution in [0.15, 0.2) is 24.3 Å². The van der Waals surface area contributed by atoms with Gasteiger partial charge < -0.3 is 15.1 Å². The van der Waals surface area contributed by atoms with Crippen molar-refractivity contribution < 1.29 is 9.59 Å². The van der Waals surface area contributed by atoms with Gasteiger partial charge >= 0.3 is 0 Å². The number of anilines is 2. The first-order valence-electron chi connectivity index (χ1n) is 10.0. The van der Waals surface area contributed by atoms with Crippen molar-refractivity contribution in [3.63, 3.8) is 0 Å². The Hall–Kier alpha value is -2.04. The van der Waals surface area contributed by atoms with Gasteiger partial charge in [-0.3, -0.25) is 9.59 Å². The lowest BCUT2D eigenvalue weighted by Crippen LogP contribution is -2.30. The number of hydrogen-bond acceptors (Lipinski definition) is 3. The van der Waals surface area contributed by atoms with Crippen LogP contribution >= 0.6 is 0 Å². The SMILES string of the molecule is CCCCN(C)C(=O)C1CC1C(=O)Nc1ccc(N2CCCCC2)cc1. The van der Waals surface area contributed by atoms with Gasteiger partial charge in [0.05, 0.1) is 11.8 Å². The van der Waals surface area contributed by atoms with Gasteiger partial charge in [0.1, 0.15) is 0 Å². The molecule has 3 rings (SSSR count). The molecule has 1 aliphatic heterocycles. The molecular weight excluding hydrogens is 326 g/mol. The first-order chi connectivity index (χ1) is 12.6. The number of nitrogens with zero attached hydrogens (tertiary/aromatic N) is 2. The molecule has 0 radical (unpaired) electrons. The lowest BCUT2D eigenvalue weighted by Gasteiger charge is -2.28. The molecule has 2 atom stereocenters. The standard InChI is InChI=1S/C21H31N3O2/c1-3-4-12-23(2)21(26)19-15-18(19)20(25)22-16-8-10-17(11-9-16)24-13-6-5-7-14-24/h8-11,18-19H,3-7,12-15H2,1-2H3,(H,22,25). The summed E-state index contributed by atoms with van der Waals surface area (Å²) in [6.07, 6.45) is 6.58. The monoisotopic (exact) mass is 357 g/mol. The average molecular weight is 357 g/mol. The van der Waals surface area contributed by atoms with Gasteiger partial charge in [-0.05, 0) is 56.4 Å². The third-order valence-electron chi connectivity index (χ3n) is 5.52. The molecule has 0 spiro atoms. The Kier molecular flexibility index (Phi) is 6.17. The van der Waals surface area contributed by atoms with E-state index >= 15 is 0 Å². The maximum absolute atomic E-state index is 12.4. The number of amides is 2. The van der Waals surface area contributed by atoms with Gasteiger partial charge in [-0.25, -0.2) is 0 Å². The van der Waals surface area contributed by atoms with Crippen LogP contribution < -0.4 is 10.2 Å². The molecule has 2 fully saturated rings. The zero-order valence-electron chi connectivity index (χ0n) is 16.0. The quantitative estimate of drug-likeness (QED) is 0.812. The highest BCUT2D eigenvalue weighted by molar-refractivity contribution is 5.99. The largest absolute Gasteiger partial charge is 0.372 e. The van der Waals surface area contributed by atoms with E-state index in [1.54, 1.807) is 4.90 Å². The summed E-state index contributed by atoms with van der Waals surface area (Å²) in [6.45, 7) is 5.12. The highest BCUT2D eigenvalue weighted by atomic mass is 16.2. The van der Waals surface area contributed by atoms with E-state index in [1.807, 2.05) is 19.2 Å². The van der Waals surface area contributed by atoms with Gasteiger partial charge in [-0.2, -0.15) is 0 Å². The molecule has 1 aromatic carbocycles. The number of piperidine rings is 1. The molecule has 1 N–H and O–H groups in total. The normalized spacial score (nSPS) is 22.0. The van der Waals surface area contributed by atoms with Crippen molar-refractivity contribution in [2.45, 2.75) is 45.4 Å². The minimum Gasteiger partial charge on any atom is -0.372 e. The number of carbonyl (C=O) groups excluding carboxylic acids is 2. The molecule has 0 bridgehead atoms. The van der Waals surface area contributed by atoms with E-state index in [1.165, 1.54) is 24.9 Å². The van der Waals surface area contributed by atoms with E-state index in [0.29, 0.717) is 6.42 Å². The van der Waals surface area contributed by atoms with Crippen LogP contribution in [0.5, 0.6) is 0 Å². The fraction of sp³-hybridized carbons (Fsp3) is 0.619. The van der Waals surface area contributed by atoms with Crippen LogP contribution in [0.3, 0.4) is 0 Å². The predicted molar refractivity (Wildman–Crippen MR) is 105 cm³/mol. The summed E-state index contributed by atoms with van der Waals surface area (Å²) >= 11 is 0. The molecule has 5 heteroatoms. The summed E-state index contributed by atoms with van der Waals surface area (Å²) in [4.78, 5) is 28.9. The number of carbonyl (C=O) groups is 2. The summed E-state index contributed by atoms with van der Waals surface area (Å²) < 4.78 is 0. The number of unbranched alkanes of at least 4 members (excludes halogenated alkanes) is 1. The van der Waals surface area contributed by atoms with Gasteiger partial charge in [0.15, 0.2) is 0 Å². The van der Waals surface area contributed by atoms with Crippen molar-refractivity contribution in [2.75, 3.05) is 36.9 Å². The second-order valence-corrected chi connectivity index (χ2v) is 7.65. The lowest BCUT2D eigenvalue weighted by atomic mass is 10.1. The molecule has 2 amide bonds. The zero-order chi connectivity index (χ0) is 18.5. The van der Waals surface area contributed by atoms with Crippen LogP contribution in [-0.4, -0.2) is 43.4 Å². The molecule has 2 unspecified atom stereocenters. The summed E-state index contributed by atoms with van der Waals surface area (Å²) in [6, 6.07) is 8.09. The fourth-order valence-electron chi connectivity index (χ4n) is 3.69. The first-order valence-corrected chi connectivity index (χ1v) is 10.0. The highest BCUT2D eigenvalue weighted by Crippen LogP contribution is 2.40. The van der Waals surface area contributed by atoms with Gasteiger partial charge in [0.25, 0.3) is 0 Å². The van der Waals surface area contributed by atoms with E-state index in [2.05, 4.69) is 29.3 Å². The third kappa shape index (κ3) is 4.57. The smallest absolute Gasteiger partial charge is 0.228 e. The van der Waals surface area contributed by atoms with Crippen LogP contribution in [-0.2, 0) is 9.59 Å². The minimum absolute atomic E-state index is 0.0297. The van der Waals surface area contributed by atoms with Gasteiger partial charge in [-0.15, -0.1) is 0 Å². The van der Waals surface area contributed by atoms with E-state index in [0.717, 1.165) is 38.2 Å². The summed E-state index contributed by atoms with van der Waals surface area (Å²) in [5.74, 6) is -0.227. The molecule has 1 heterocycles. The van der Waals surface area contributed by atoms with Gasteiger partial charge in [0.2, 0.25) is 11.8 Å². The van der Waals surface area contributed by atoms with Crippen LogP contribution in [0.2, 0.25) is 0 Å². The van der Waals surface area contributed by atoms with Crippen molar-refractivity contribution >= 4 is 23.2 Å². The maximum atomic E-state index is 12.4. The Morgan fingerprint density at radius 3 is 2.46 bits per heavy atom. The Morgan fingerprint density at radius 1 is 1.12 bits per heavy atom. The Labute approximate surface area is 156 Å². The van der Waals surface area contributed by atoms with Crippen molar-refractivity contribution in [2.24, 2.45) is 11.8 Å². The van der Waals surface area contributed by atoms with Crippen molar-refractivity contribution in [1.29, 1.82) is 0 Å². The fourth-order valence-corrected chi connectivity index (χ4v) is 3.69. The predicted octanol–water partition coefficient (Wildman–Crippen LogP) is 3.51. The van der Waals surface area contributed by atoms with Crippen LogP contribution in [0.1, 0.15) is 45.4 Å². The highest BCUT2D eigenvalue weighted by Gasteiger charge is 2.48. The number of benzene rings is 1. The average Bonchev–Trinajstić information content (AvgIpc) is 3.48.